The fourth-order valence-electron chi connectivity index (χ4n) is 3.33. The Morgan fingerprint density at radius 1 is 0.778 bits per heavy atom. The molecule has 4 N–H and O–H groups in total. The number of hydrogen-bond donors (Lipinski definition) is 3. The summed E-state index contributed by atoms with van der Waals surface area (Å²) in [5.41, 5.74) is 5.16. The number of nitrogens with two attached hydrogens (primary N) is 1. The van der Waals surface area contributed by atoms with Crippen molar-refractivity contribution in [2.24, 2.45) is 5.73 Å². The molecule has 1 atom stereocenters. The van der Waals surface area contributed by atoms with Gasteiger partial charge >= 0.3 is 5.97 Å². The fourth-order valence-corrected chi connectivity index (χ4v) is 3.33. The minimum Gasteiger partial charge on any atom is -0.455 e. The highest BCUT2D eigenvalue weighted by molar-refractivity contribution is 5.69. The lowest BCUT2D eigenvalue weighted by atomic mass is 10.0. The van der Waals surface area contributed by atoms with Crippen molar-refractivity contribution < 1.29 is 19.7 Å². The molecule has 27 heavy (non-hydrogen) atoms. The molecule has 0 aliphatic rings. The van der Waals surface area contributed by atoms with E-state index in [2.05, 4.69) is 6.92 Å². The van der Waals surface area contributed by atoms with Crippen LogP contribution in [0.3, 0.4) is 0 Å². The predicted molar refractivity (Wildman–Crippen MR) is 111 cm³/mol. The second-order valence-electron chi connectivity index (χ2n) is 7.87. The van der Waals surface area contributed by atoms with Gasteiger partial charge < -0.3 is 14.9 Å². The third-order valence-corrected chi connectivity index (χ3v) is 5.10. The van der Waals surface area contributed by atoms with Crippen molar-refractivity contribution in [1.29, 1.82) is 0 Å². The highest BCUT2D eigenvalue weighted by Gasteiger charge is 2.31. The Labute approximate surface area is 167 Å². The van der Waals surface area contributed by atoms with E-state index < -0.39 is 18.0 Å². The largest absolute Gasteiger partial charge is 0.455 e. The Balaban J connectivity index is 3.34. The molecule has 0 bridgehead atoms. The summed E-state index contributed by atoms with van der Waals surface area (Å²) in [4.78, 5) is 11.7. The smallest absolute Gasteiger partial charge is 0.306 e. The Bertz CT molecular complexity index is 342. The first-order chi connectivity index (χ1) is 12.9. The van der Waals surface area contributed by atoms with E-state index in [1.807, 2.05) is 0 Å². The molecule has 0 saturated heterocycles. The highest BCUT2D eigenvalue weighted by Crippen LogP contribution is 2.15. The summed E-state index contributed by atoms with van der Waals surface area (Å²) >= 11 is 0. The van der Waals surface area contributed by atoms with Gasteiger partial charge in [0.1, 0.15) is 0 Å². The molecule has 0 aromatic heterocycles. The molecule has 0 rings (SSSR count). The second-order valence-corrected chi connectivity index (χ2v) is 7.87. The molecular weight excluding hydrogens is 342 g/mol. The Morgan fingerprint density at radius 2 is 1.15 bits per heavy atom. The van der Waals surface area contributed by atoms with Crippen LogP contribution >= 0.6 is 0 Å². The van der Waals surface area contributed by atoms with Crippen molar-refractivity contribution in [2.45, 2.75) is 135 Å². The van der Waals surface area contributed by atoms with Gasteiger partial charge in [-0.15, -0.1) is 0 Å². The minimum absolute atomic E-state index is 0.272. The van der Waals surface area contributed by atoms with Gasteiger partial charge in [0, 0.05) is 6.42 Å². The Hall–Kier alpha value is -0.650. The topological polar surface area (TPSA) is 92.8 Å². The summed E-state index contributed by atoms with van der Waals surface area (Å²) < 4.78 is 5.02. The third-order valence-electron chi connectivity index (χ3n) is 5.10. The molecule has 0 aliphatic heterocycles. The molecule has 162 valence electrons. The van der Waals surface area contributed by atoms with Crippen LogP contribution in [0.1, 0.15) is 123 Å². The number of ether oxygens (including phenoxy) is 1. The third kappa shape index (κ3) is 17.2. The number of esters is 1. The van der Waals surface area contributed by atoms with Crippen molar-refractivity contribution in [3.05, 3.63) is 0 Å². The summed E-state index contributed by atoms with van der Waals surface area (Å²) in [6.45, 7) is 3.95. The molecule has 0 aromatic rings. The fraction of sp³-hybridized carbons (Fsp3) is 0.955. The Kier molecular flexibility index (Phi) is 17.0. The van der Waals surface area contributed by atoms with E-state index in [-0.39, 0.29) is 6.42 Å². The standard InChI is InChI=1S/C22H45NO4/c1-3-5-6-7-8-9-10-11-12-13-14-15-16-17-18-19-21(24)27-20(4-2)22(23,25)26/h20,25-26H,3-19,23H2,1-2H3. The van der Waals surface area contributed by atoms with Gasteiger partial charge in [-0.2, -0.15) is 0 Å². The van der Waals surface area contributed by atoms with E-state index in [9.17, 15) is 15.0 Å². The van der Waals surface area contributed by atoms with Crippen molar-refractivity contribution in [1.82, 2.24) is 0 Å². The van der Waals surface area contributed by atoms with E-state index in [0.29, 0.717) is 6.42 Å². The molecule has 0 aliphatic carbocycles. The number of hydrogen-bond acceptors (Lipinski definition) is 5. The van der Waals surface area contributed by atoms with Crippen molar-refractivity contribution in [3.63, 3.8) is 0 Å². The molecule has 0 radical (unpaired) electrons. The van der Waals surface area contributed by atoms with E-state index in [1.165, 1.54) is 77.0 Å². The number of rotatable bonds is 19. The molecule has 0 aromatic carbocycles. The summed E-state index contributed by atoms with van der Waals surface area (Å²) in [6.07, 6.45) is 18.7. The zero-order valence-corrected chi connectivity index (χ0v) is 17.9. The molecule has 1 unspecified atom stereocenters. The lowest BCUT2D eigenvalue weighted by Gasteiger charge is -2.25. The molecular formula is C22H45NO4. The number of unbranched alkanes of at least 4 members (excludes halogenated alkanes) is 14. The van der Waals surface area contributed by atoms with Crippen molar-refractivity contribution in [2.75, 3.05) is 0 Å². The zero-order valence-electron chi connectivity index (χ0n) is 17.9. The Morgan fingerprint density at radius 3 is 1.48 bits per heavy atom. The lowest BCUT2D eigenvalue weighted by Crippen LogP contribution is -2.52. The van der Waals surface area contributed by atoms with E-state index in [0.717, 1.165) is 19.3 Å². The van der Waals surface area contributed by atoms with Gasteiger partial charge in [-0.3, -0.25) is 10.5 Å². The van der Waals surface area contributed by atoms with Gasteiger partial charge in [0.25, 0.3) is 5.91 Å². The molecule has 0 fully saturated rings. The first kappa shape index (κ1) is 26.4. The maximum atomic E-state index is 11.7. The molecule has 0 heterocycles. The lowest BCUT2D eigenvalue weighted by molar-refractivity contribution is -0.233. The van der Waals surface area contributed by atoms with Crippen LogP contribution in [0.15, 0.2) is 0 Å². The predicted octanol–water partition coefficient (Wildman–Crippen LogP) is 5.17. The minimum atomic E-state index is -2.46. The first-order valence-corrected chi connectivity index (χ1v) is 11.3. The van der Waals surface area contributed by atoms with Crippen LogP contribution < -0.4 is 5.73 Å². The van der Waals surface area contributed by atoms with E-state index in [1.54, 1.807) is 6.92 Å². The van der Waals surface area contributed by atoms with Crippen molar-refractivity contribution in [3.8, 4) is 0 Å². The number of aliphatic hydroxyl groups is 2. The van der Waals surface area contributed by atoms with E-state index >= 15 is 0 Å². The zero-order chi connectivity index (χ0) is 20.4. The van der Waals surface area contributed by atoms with Gasteiger partial charge in [0.15, 0.2) is 6.10 Å². The van der Waals surface area contributed by atoms with Crippen LogP contribution in [-0.2, 0) is 9.53 Å². The van der Waals surface area contributed by atoms with E-state index in [4.69, 9.17) is 10.5 Å². The number of carbonyl (C=O) groups excluding carboxylic acids is 1. The molecule has 5 heteroatoms. The van der Waals surface area contributed by atoms with Crippen LogP contribution in [0, 0.1) is 0 Å². The monoisotopic (exact) mass is 387 g/mol. The van der Waals surface area contributed by atoms with Gasteiger partial charge in [-0.1, -0.05) is 104 Å². The maximum absolute atomic E-state index is 11.7. The summed E-state index contributed by atoms with van der Waals surface area (Å²) in [5, 5.41) is 18.6. The number of carbonyl (C=O) groups is 1. The van der Waals surface area contributed by atoms with Gasteiger partial charge in [0.05, 0.1) is 0 Å². The van der Waals surface area contributed by atoms with Crippen LogP contribution in [0.25, 0.3) is 0 Å². The summed E-state index contributed by atoms with van der Waals surface area (Å²) in [7, 11) is 0. The average molecular weight is 388 g/mol. The van der Waals surface area contributed by atoms with Crippen LogP contribution in [-0.4, -0.2) is 28.2 Å². The molecule has 0 saturated carbocycles. The first-order valence-electron chi connectivity index (χ1n) is 11.3. The molecule has 0 amide bonds. The van der Waals surface area contributed by atoms with Gasteiger partial charge in [-0.25, -0.2) is 0 Å². The quantitative estimate of drug-likeness (QED) is 0.162. The SMILES string of the molecule is CCCCCCCCCCCCCCCCCC(=O)OC(CC)C(N)(O)O. The molecule has 5 nitrogen and oxygen atoms in total. The van der Waals surface area contributed by atoms with Gasteiger partial charge in [-0.05, 0) is 12.8 Å². The maximum Gasteiger partial charge on any atom is 0.306 e. The normalized spacial score (nSPS) is 12.9. The van der Waals surface area contributed by atoms with Crippen LogP contribution in [0.4, 0.5) is 0 Å². The van der Waals surface area contributed by atoms with Crippen molar-refractivity contribution >= 4 is 5.97 Å². The van der Waals surface area contributed by atoms with Gasteiger partial charge in [0.2, 0.25) is 0 Å². The highest BCUT2D eigenvalue weighted by atomic mass is 16.6. The van der Waals surface area contributed by atoms with Crippen LogP contribution in [0.2, 0.25) is 0 Å². The summed E-state index contributed by atoms with van der Waals surface area (Å²) in [6, 6.07) is 0. The second kappa shape index (κ2) is 17.4. The van der Waals surface area contributed by atoms with Crippen LogP contribution in [0.5, 0.6) is 0 Å². The molecule has 0 spiro atoms. The average Bonchev–Trinajstić information content (AvgIpc) is 2.62. The summed E-state index contributed by atoms with van der Waals surface area (Å²) in [5.74, 6) is -2.87.